The van der Waals surface area contributed by atoms with Crippen LogP contribution in [0.1, 0.15) is 28.7 Å². The summed E-state index contributed by atoms with van der Waals surface area (Å²) in [5.41, 5.74) is 2.91. The highest BCUT2D eigenvalue weighted by Gasteiger charge is 2.33. The second-order valence-corrected chi connectivity index (χ2v) is 7.76. The molecule has 1 aliphatic rings. The smallest absolute Gasteiger partial charge is 0.232 e. The van der Waals surface area contributed by atoms with E-state index >= 15 is 0 Å². The number of fused-ring (bicyclic) bond motifs is 2. The summed E-state index contributed by atoms with van der Waals surface area (Å²) >= 11 is 0. The quantitative estimate of drug-likeness (QED) is 0.665. The van der Waals surface area contributed by atoms with Crippen molar-refractivity contribution in [3.8, 4) is 17.2 Å². The van der Waals surface area contributed by atoms with Crippen molar-refractivity contribution in [3.05, 3.63) is 89.5 Å². The minimum atomic E-state index is -0.394. The summed E-state index contributed by atoms with van der Waals surface area (Å²) in [6.07, 6.45) is 0. The molecule has 0 aromatic heterocycles. The minimum absolute atomic E-state index is 0.0210. The molecule has 0 fully saturated rings. The van der Waals surface area contributed by atoms with Gasteiger partial charge in [0.25, 0.3) is 0 Å². The van der Waals surface area contributed by atoms with Crippen LogP contribution in [0.4, 0.5) is 0 Å². The Balaban J connectivity index is 1.59. The van der Waals surface area contributed by atoms with Gasteiger partial charge in [-0.15, -0.1) is 0 Å². The van der Waals surface area contributed by atoms with Crippen molar-refractivity contribution in [1.82, 2.24) is 5.32 Å². The Morgan fingerprint density at radius 2 is 1.63 bits per heavy atom. The van der Waals surface area contributed by atoms with Gasteiger partial charge in [-0.05, 0) is 24.3 Å². The summed E-state index contributed by atoms with van der Waals surface area (Å²) in [5.74, 6) is 1.87. The second kappa shape index (κ2) is 8.59. The number of hydrogen-bond acceptors (Lipinski definition) is 3. The van der Waals surface area contributed by atoms with Crippen molar-refractivity contribution in [2.75, 3.05) is 27.7 Å². The summed E-state index contributed by atoms with van der Waals surface area (Å²) in [6.45, 7) is 0.524. The second-order valence-electron chi connectivity index (χ2n) is 7.76. The Morgan fingerprint density at radius 3 is 2.23 bits per heavy atom. The topological polar surface area (TPSA) is 52.0 Å². The first kappa shape index (κ1) is 20.0. The zero-order valence-electron chi connectivity index (χ0n) is 17.5. The molecule has 1 atom stereocenters. The SMILES string of the molecule is COc1cccc([C@@H](CNC(=O)C2c3ccccc3Oc3ccccc32)[NH+](C)C)c1. The maximum Gasteiger partial charge on any atom is 0.232 e. The molecule has 0 saturated heterocycles. The number of hydrogen-bond donors (Lipinski definition) is 2. The van der Waals surface area contributed by atoms with Crippen molar-refractivity contribution < 1.29 is 19.2 Å². The van der Waals surface area contributed by atoms with Crippen molar-refractivity contribution in [3.63, 3.8) is 0 Å². The summed E-state index contributed by atoms with van der Waals surface area (Å²) in [7, 11) is 5.85. The van der Waals surface area contributed by atoms with Gasteiger partial charge in [0.1, 0.15) is 23.3 Å². The molecule has 0 spiro atoms. The van der Waals surface area contributed by atoms with Gasteiger partial charge in [0.15, 0.2) is 0 Å². The standard InChI is InChI=1S/C25H26N2O3/c1-27(2)21(17-9-8-10-18(15-17)29-3)16-26-25(28)24-19-11-4-6-13-22(19)30-23-14-7-5-12-20(23)24/h4-15,21,24H,16H2,1-3H3,(H,26,28)/p+1/t21-/m1/s1. The molecule has 30 heavy (non-hydrogen) atoms. The van der Waals surface area contributed by atoms with Crippen LogP contribution in [-0.4, -0.2) is 33.7 Å². The summed E-state index contributed by atoms with van der Waals surface area (Å²) in [4.78, 5) is 14.6. The number of carbonyl (C=O) groups is 1. The van der Waals surface area contributed by atoms with Crippen molar-refractivity contribution in [1.29, 1.82) is 0 Å². The molecule has 1 heterocycles. The number of benzene rings is 3. The minimum Gasteiger partial charge on any atom is -0.497 e. The number of quaternary nitrogens is 1. The molecule has 3 aromatic carbocycles. The lowest BCUT2D eigenvalue weighted by atomic mass is 9.87. The molecule has 0 bridgehead atoms. The van der Waals surface area contributed by atoms with E-state index in [0.717, 1.165) is 33.9 Å². The van der Waals surface area contributed by atoms with E-state index in [1.165, 1.54) is 4.90 Å². The molecule has 1 aliphatic heterocycles. The predicted molar refractivity (Wildman–Crippen MR) is 116 cm³/mol. The van der Waals surface area contributed by atoms with Gasteiger partial charge in [-0.25, -0.2) is 0 Å². The Kier molecular flexibility index (Phi) is 5.72. The lowest BCUT2D eigenvalue weighted by Crippen LogP contribution is -3.07. The maximum atomic E-state index is 13.4. The normalized spacial score (nSPS) is 13.7. The third kappa shape index (κ3) is 3.89. The zero-order chi connectivity index (χ0) is 21.1. The highest BCUT2D eigenvalue weighted by Crippen LogP contribution is 2.43. The zero-order valence-corrected chi connectivity index (χ0v) is 17.5. The lowest BCUT2D eigenvalue weighted by molar-refractivity contribution is -0.890. The fourth-order valence-corrected chi connectivity index (χ4v) is 4.01. The van der Waals surface area contributed by atoms with Crippen LogP contribution < -0.4 is 19.7 Å². The molecular formula is C25H27N2O3+. The molecule has 4 rings (SSSR count). The van der Waals surface area contributed by atoms with Gasteiger partial charge in [0, 0.05) is 16.7 Å². The number of rotatable bonds is 6. The first-order chi connectivity index (χ1) is 14.6. The molecule has 0 aliphatic carbocycles. The van der Waals surface area contributed by atoms with E-state index in [1.54, 1.807) is 7.11 Å². The first-order valence-electron chi connectivity index (χ1n) is 10.2. The van der Waals surface area contributed by atoms with Crippen LogP contribution in [-0.2, 0) is 4.79 Å². The summed E-state index contributed by atoms with van der Waals surface area (Å²) < 4.78 is 11.4. The number of nitrogens with one attached hydrogen (secondary N) is 2. The molecule has 0 radical (unpaired) electrons. The van der Waals surface area contributed by atoms with Crippen molar-refractivity contribution in [2.45, 2.75) is 12.0 Å². The van der Waals surface area contributed by atoms with E-state index in [4.69, 9.17) is 9.47 Å². The van der Waals surface area contributed by atoms with Gasteiger partial charge >= 0.3 is 0 Å². The fourth-order valence-electron chi connectivity index (χ4n) is 4.01. The average molecular weight is 404 g/mol. The Hall–Kier alpha value is -3.31. The molecule has 3 aromatic rings. The van der Waals surface area contributed by atoms with E-state index < -0.39 is 5.92 Å². The lowest BCUT2D eigenvalue weighted by Gasteiger charge is -2.28. The monoisotopic (exact) mass is 403 g/mol. The van der Waals surface area contributed by atoms with Gasteiger partial charge < -0.3 is 19.7 Å². The highest BCUT2D eigenvalue weighted by atomic mass is 16.5. The number of ether oxygens (including phenoxy) is 2. The van der Waals surface area contributed by atoms with Gasteiger partial charge in [-0.1, -0.05) is 48.5 Å². The average Bonchev–Trinajstić information content (AvgIpc) is 2.77. The number of methoxy groups -OCH3 is 1. The molecule has 5 nitrogen and oxygen atoms in total. The Labute approximate surface area is 177 Å². The van der Waals surface area contributed by atoms with Crippen LogP contribution in [0.15, 0.2) is 72.8 Å². The fraction of sp³-hybridized carbons (Fsp3) is 0.240. The first-order valence-corrected chi connectivity index (χ1v) is 10.2. The van der Waals surface area contributed by atoms with Crippen molar-refractivity contribution in [2.24, 2.45) is 0 Å². The molecule has 0 unspecified atom stereocenters. The van der Waals surface area contributed by atoms with Gasteiger partial charge in [-0.2, -0.15) is 0 Å². The molecule has 0 saturated carbocycles. The van der Waals surface area contributed by atoms with Crippen LogP contribution >= 0.6 is 0 Å². The van der Waals surface area contributed by atoms with Crippen LogP contribution in [0.5, 0.6) is 17.2 Å². The van der Waals surface area contributed by atoms with E-state index in [0.29, 0.717) is 6.54 Å². The molecule has 1 amide bonds. The summed E-state index contributed by atoms with van der Waals surface area (Å²) in [5, 5.41) is 3.20. The molecular weight excluding hydrogens is 376 g/mol. The van der Waals surface area contributed by atoms with E-state index in [9.17, 15) is 4.79 Å². The highest BCUT2D eigenvalue weighted by molar-refractivity contribution is 5.89. The van der Waals surface area contributed by atoms with Gasteiger partial charge in [-0.3, -0.25) is 4.79 Å². The molecule has 154 valence electrons. The van der Waals surface area contributed by atoms with E-state index in [-0.39, 0.29) is 11.9 Å². The molecule has 2 N–H and O–H groups in total. The number of carbonyl (C=O) groups excluding carboxylic acids is 1. The van der Waals surface area contributed by atoms with Crippen LogP contribution in [0.25, 0.3) is 0 Å². The van der Waals surface area contributed by atoms with E-state index in [1.807, 2.05) is 66.7 Å². The van der Waals surface area contributed by atoms with Crippen LogP contribution in [0.2, 0.25) is 0 Å². The maximum absolute atomic E-state index is 13.4. The number of likely N-dealkylation sites (N-methyl/N-ethyl adjacent to an activating group) is 1. The third-order valence-electron chi connectivity index (χ3n) is 5.62. The largest absolute Gasteiger partial charge is 0.497 e. The van der Waals surface area contributed by atoms with Crippen LogP contribution in [0.3, 0.4) is 0 Å². The third-order valence-corrected chi connectivity index (χ3v) is 5.62. The van der Waals surface area contributed by atoms with Gasteiger partial charge in [0.05, 0.1) is 33.7 Å². The van der Waals surface area contributed by atoms with E-state index in [2.05, 4.69) is 25.5 Å². The summed E-state index contributed by atoms with van der Waals surface area (Å²) in [6, 6.07) is 23.6. The number of para-hydroxylation sites is 2. The van der Waals surface area contributed by atoms with Crippen molar-refractivity contribution >= 4 is 5.91 Å². The van der Waals surface area contributed by atoms with Gasteiger partial charge in [0.2, 0.25) is 5.91 Å². The Morgan fingerprint density at radius 1 is 1.00 bits per heavy atom. The Bertz CT molecular complexity index is 1000. The molecule has 5 heteroatoms. The van der Waals surface area contributed by atoms with Crippen LogP contribution in [0, 0.1) is 0 Å². The predicted octanol–water partition coefficient (Wildman–Crippen LogP) is 2.93. The number of amides is 1.